The quantitative estimate of drug-likeness (QED) is 0.625. The monoisotopic (exact) mass is 365 g/mol. The molecule has 1 aromatic rings. The number of anilines is 2. The van der Waals surface area contributed by atoms with Crippen LogP contribution in [0, 0.1) is 0 Å². The van der Waals surface area contributed by atoms with Crippen LogP contribution in [0.2, 0.25) is 0 Å². The van der Waals surface area contributed by atoms with Crippen LogP contribution in [0.5, 0.6) is 5.75 Å². The van der Waals surface area contributed by atoms with Crippen molar-refractivity contribution < 1.29 is 24.2 Å². The van der Waals surface area contributed by atoms with Gasteiger partial charge in [-0.1, -0.05) is 0 Å². The second-order valence-electron chi connectivity index (χ2n) is 7.56. The van der Waals surface area contributed by atoms with Crippen molar-refractivity contribution >= 4 is 23.4 Å². The van der Waals surface area contributed by atoms with Crippen LogP contribution in [0.25, 0.3) is 0 Å². The Morgan fingerprint density at radius 2 is 1.92 bits per heavy atom. The molecular weight excluding hydrogens is 338 g/mol. The number of hydrogen-bond acceptors (Lipinski definition) is 6. The van der Waals surface area contributed by atoms with Crippen LogP contribution >= 0.6 is 0 Å². The van der Waals surface area contributed by atoms with Gasteiger partial charge in [0.05, 0.1) is 19.3 Å². The summed E-state index contributed by atoms with van der Waals surface area (Å²) in [6, 6.07) is 5.33. The van der Waals surface area contributed by atoms with E-state index in [1.165, 1.54) is 7.11 Å². The number of carboxylic acid groups (broad SMARTS) is 1. The van der Waals surface area contributed by atoms with Gasteiger partial charge in [0.2, 0.25) is 0 Å². The minimum absolute atomic E-state index is 0.168. The molecule has 1 atom stereocenters. The summed E-state index contributed by atoms with van der Waals surface area (Å²) in [4.78, 5) is 27.6. The van der Waals surface area contributed by atoms with E-state index in [2.05, 4.69) is 0 Å². The maximum Gasteiger partial charge on any atom is 0.408 e. The van der Waals surface area contributed by atoms with Gasteiger partial charge in [-0.3, -0.25) is 4.90 Å². The van der Waals surface area contributed by atoms with E-state index in [-0.39, 0.29) is 13.1 Å². The van der Waals surface area contributed by atoms with E-state index in [0.29, 0.717) is 18.0 Å². The highest BCUT2D eigenvalue weighted by Gasteiger charge is 2.49. The second kappa shape index (κ2) is 6.93. The SMILES string of the molecule is COc1cc(N2CCN(C(=O)O)C(C)(C(=O)OC(C)(C)C)C2)ccc1N. The van der Waals surface area contributed by atoms with Crippen LogP contribution in [-0.2, 0) is 9.53 Å². The number of carbonyl (C=O) groups is 2. The third kappa shape index (κ3) is 3.95. The first-order valence-electron chi connectivity index (χ1n) is 8.40. The van der Waals surface area contributed by atoms with E-state index in [1.54, 1.807) is 39.8 Å². The van der Waals surface area contributed by atoms with Crippen LogP contribution < -0.4 is 15.4 Å². The number of nitrogen functional groups attached to an aromatic ring is 1. The number of nitrogens with two attached hydrogens (primary N) is 1. The molecule has 0 spiro atoms. The maximum atomic E-state index is 12.8. The van der Waals surface area contributed by atoms with Crippen molar-refractivity contribution in [1.29, 1.82) is 0 Å². The molecule has 1 aliphatic heterocycles. The van der Waals surface area contributed by atoms with Crippen LogP contribution in [0.15, 0.2) is 18.2 Å². The second-order valence-corrected chi connectivity index (χ2v) is 7.56. The molecule has 144 valence electrons. The van der Waals surface area contributed by atoms with Gasteiger partial charge < -0.3 is 25.2 Å². The molecule has 1 fully saturated rings. The van der Waals surface area contributed by atoms with Crippen LogP contribution in [-0.4, -0.2) is 60.0 Å². The summed E-state index contributed by atoms with van der Waals surface area (Å²) >= 11 is 0. The van der Waals surface area contributed by atoms with E-state index in [4.69, 9.17) is 15.2 Å². The summed E-state index contributed by atoms with van der Waals surface area (Å²) in [5.41, 5.74) is 5.13. The normalized spacial score (nSPS) is 20.7. The molecule has 8 heteroatoms. The van der Waals surface area contributed by atoms with Crippen molar-refractivity contribution in [3.8, 4) is 5.75 Å². The lowest BCUT2D eigenvalue weighted by atomic mass is 9.95. The molecule has 3 N–H and O–H groups in total. The zero-order valence-corrected chi connectivity index (χ0v) is 15.9. The number of rotatable bonds is 3. The largest absolute Gasteiger partial charge is 0.495 e. The first-order chi connectivity index (χ1) is 12.0. The summed E-state index contributed by atoms with van der Waals surface area (Å²) < 4.78 is 10.7. The summed E-state index contributed by atoms with van der Waals surface area (Å²) in [5, 5.41) is 9.56. The van der Waals surface area contributed by atoms with Gasteiger partial charge in [-0.15, -0.1) is 0 Å². The third-order valence-electron chi connectivity index (χ3n) is 4.34. The van der Waals surface area contributed by atoms with Gasteiger partial charge in [0.1, 0.15) is 11.4 Å². The average molecular weight is 365 g/mol. The van der Waals surface area contributed by atoms with Gasteiger partial charge in [-0.2, -0.15) is 0 Å². The molecular formula is C18H27N3O5. The number of hydrogen-bond donors (Lipinski definition) is 2. The molecule has 0 bridgehead atoms. The van der Waals surface area contributed by atoms with Gasteiger partial charge in [-0.05, 0) is 39.8 Å². The molecule has 0 saturated carbocycles. The summed E-state index contributed by atoms with van der Waals surface area (Å²) in [6.07, 6.45) is -1.15. The van der Waals surface area contributed by atoms with Crippen LogP contribution in [0.1, 0.15) is 27.7 Å². The molecule has 26 heavy (non-hydrogen) atoms. The summed E-state index contributed by atoms with van der Waals surface area (Å²) in [7, 11) is 1.53. The van der Waals surface area contributed by atoms with Crippen LogP contribution in [0.3, 0.4) is 0 Å². The Morgan fingerprint density at radius 1 is 1.27 bits per heavy atom. The first-order valence-corrected chi connectivity index (χ1v) is 8.40. The highest BCUT2D eigenvalue weighted by atomic mass is 16.6. The summed E-state index contributed by atoms with van der Waals surface area (Å²) in [6.45, 7) is 7.65. The van der Waals surface area contributed by atoms with Crippen molar-refractivity contribution in [3.05, 3.63) is 18.2 Å². The molecule has 1 aliphatic rings. The molecule has 8 nitrogen and oxygen atoms in total. The lowest BCUT2D eigenvalue weighted by Gasteiger charge is -2.47. The Bertz CT molecular complexity index is 701. The van der Waals surface area contributed by atoms with Crippen molar-refractivity contribution in [2.45, 2.75) is 38.8 Å². The fourth-order valence-corrected chi connectivity index (χ4v) is 2.99. The van der Waals surface area contributed by atoms with Gasteiger partial charge in [-0.25, -0.2) is 9.59 Å². The van der Waals surface area contributed by atoms with Gasteiger partial charge >= 0.3 is 12.1 Å². The molecule has 2 rings (SSSR count). The number of methoxy groups -OCH3 is 1. The van der Waals surface area contributed by atoms with Crippen LogP contribution in [0.4, 0.5) is 16.2 Å². The van der Waals surface area contributed by atoms with E-state index in [1.807, 2.05) is 11.0 Å². The van der Waals surface area contributed by atoms with E-state index in [0.717, 1.165) is 10.6 Å². The fraction of sp³-hybridized carbons (Fsp3) is 0.556. The molecule has 1 unspecified atom stereocenters. The molecule has 0 radical (unpaired) electrons. The number of amides is 1. The highest BCUT2D eigenvalue weighted by molar-refractivity contribution is 5.86. The number of piperazine rings is 1. The zero-order valence-electron chi connectivity index (χ0n) is 15.9. The minimum Gasteiger partial charge on any atom is -0.495 e. The maximum absolute atomic E-state index is 12.8. The van der Waals surface area contributed by atoms with Crippen molar-refractivity contribution in [2.24, 2.45) is 0 Å². The number of nitrogens with zero attached hydrogens (tertiary/aromatic N) is 2. The zero-order chi connectivity index (χ0) is 19.7. The average Bonchev–Trinajstić information content (AvgIpc) is 2.53. The molecule has 1 saturated heterocycles. The number of benzene rings is 1. The lowest BCUT2D eigenvalue weighted by Crippen LogP contribution is -2.67. The van der Waals surface area contributed by atoms with Gasteiger partial charge in [0.25, 0.3) is 0 Å². The predicted molar refractivity (Wildman–Crippen MR) is 98.6 cm³/mol. The topological polar surface area (TPSA) is 105 Å². The Morgan fingerprint density at radius 3 is 2.46 bits per heavy atom. The van der Waals surface area contributed by atoms with Gasteiger partial charge in [0, 0.05) is 24.8 Å². The number of esters is 1. The fourth-order valence-electron chi connectivity index (χ4n) is 2.99. The van der Waals surface area contributed by atoms with E-state index < -0.39 is 23.2 Å². The third-order valence-corrected chi connectivity index (χ3v) is 4.34. The Labute approximate surface area is 153 Å². The van der Waals surface area contributed by atoms with E-state index >= 15 is 0 Å². The van der Waals surface area contributed by atoms with Crippen molar-refractivity contribution in [3.63, 3.8) is 0 Å². The predicted octanol–water partition coefficient (Wildman–Crippen LogP) is 2.18. The molecule has 0 aromatic heterocycles. The highest BCUT2D eigenvalue weighted by Crippen LogP contribution is 2.32. The van der Waals surface area contributed by atoms with Gasteiger partial charge in [0.15, 0.2) is 5.54 Å². The first kappa shape index (κ1) is 19.7. The number of carbonyl (C=O) groups excluding carboxylic acids is 1. The van der Waals surface area contributed by atoms with E-state index in [9.17, 15) is 14.7 Å². The number of ether oxygens (including phenoxy) is 2. The Kier molecular flexibility index (Phi) is 5.25. The van der Waals surface area contributed by atoms with Crippen molar-refractivity contribution in [2.75, 3.05) is 37.4 Å². The Balaban J connectivity index is 2.35. The molecule has 0 aliphatic carbocycles. The Hall–Kier alpha value is -2.64. The summed E-state index contributed by atoms with van der Waals surface area (Å²) in [5.74, 6) is -0.0401. The standard InChI is InChI=1S/C18H27N3O5/c1-17(2,3)26-15(22)18(4)11-20(8-9-21(18)16(23)24)12-6-7-13(19)14(10-12)25-5/h6-7,10H,8-9,11,19H2,1-5H3,(H,23,24). The lowest BCUT2D eigenvalue weighted by molar-refractivity contribution is -0.168. The minimum atomic E-state index is -1.33. The molecule has 1 amide bonds. The van der Waals surface area contributed by atoms with Crippen molar-refractivity contribution in [1.82, 2.24) is 4.90 Å². The molecule has 1 heterocycles. The smallest absolute Gasteiger partial charge is 0.408 e. The molecule has 1 aromatic carbocycles.